The summed E-state index contributed by atoms with van der Waals surface area (Å²) in [6.45, 7) is 0. The third kappa shape index (κ3) is 1.53. The van der Waals surface area contributed by atoms with E-state index in [9.17, 15) is 4.79 Å². The number of aromatic amines is 1. The van der Waals surface area contributed by atoms with Crippen LogP contribution in [0.15, 0.2) is 59.7 Å². The van der Waals surface area contributed by atoms with Crippen molar-refractivity contribution in [1.29, 1.82) is 0 Å². The van der Waals surface area contributed by atoms with Gasteiger partial charge in [-0.05, 0) is 30.3 Å². The van der Waals surface area contributed by atoms with Crippen LogP contribution < -0.4 is 5.69 Å². The molecule has 0 amide bonds. The lowest BCUT2D eigenvalue weighted by molar-refractivity contribution is 1.01. The number of nitrogens with one attached hydrogen (secondary N) is 1. The van der Waals surface area contributed by atoms with Crippen LogP contribution in [-0.4, -0.2) is 19.5 Å². The molecule has 96 valence electrons. The maximum Gasteiger partial charge on any atom is 0.331 e. The molecule has 0 unspecified atom stereocenters. The minimum absolute atomic E-state index is 0.170. The maximum absolute atomic E-state index is 12.1. The van der Waals surface area contributed by atoms with Crippen LogP contribution in [-0.2, 0) is 0 Å². The van der Waals surface area contributed by atoms with Gasteiger partial charge < -0.3 is 4.98 Å². The molecule has 1 N–H and O–H groups in total. The third-order valence-corrected chi connectivity index (χ3v) is 3.29. The van der Waals surface area contributed by atoms with Crippen LogP contribution in [0.2, 0.25) is 0 Å². The Bertz CT molecular complexity index is 984. The zero-order valence-electron chi connectivity index (χ0n) is 10.4. The average Bonchev–Trinajstić information content (AvgIpc) is 2.82. The van der Waals surface area contributed by atoms with E-state index >= 15 is 0 Å². The summed E-state index contributed by atoms with van der Waals surface area (Å²) in [5.74, 6) is 0. The van der Waals surface area contributed by atoms with Crippen LogP contribution in [0.3, 0.4) is 0 Å². The summed E-state index contributed by atoms with van der Waals surface area (Å²) < 4.78 is 1.62. The molecule has 0 bridgehead atoms. The second kappa shape index (κ2) is 4.03. The predicted octanol–water partition coefficient (Wildman–Crippen LogP) is 2.26. The van der Waals surface area contributed by atoms with Crippen molar-refractivity contribution in [2.45, 2.75) is 0 Å². The number of rotatable bonds is 1. The average molecular weight is 262 g/mol. The largest absolute Gasteiger partial charge is 0.331 e. The summed E-state index contributed by atoms with van der Waals surface area (Å²) in [4.78, 5) is 23.5. The van der Waals surface area contributed by atoms with Gasteiger partial charge >= 0.3 is 5.69 Å². The molecule has 0 aliphatic rings. The summed E-state index contributed by atoms with van der Waals surface area (Å²) in [5.41, 5.74) is 2.87. The lowest BCUT2D eigenvalue weighted by atomic mass is 10.2. The van der Waals surface area contributed by atoms with E-state index < -0.39 is 0 Å². The predicted molar refractivity (Wildman–Crippen MR) is 77.0 cm³/mol. The highest BCUT2D eigenvalue weighted by Gasteiger charge is 2.09. The topological polar surface area (TPSA) is 63.6 Å². The molecule has 1 aromatic carbocycles. The van der Waals surface area contributed by atoms with Gasteiger partial charge in [0.2, 0.25) is 0 Å². The van der Waals surface area contributed by atoms with Crippen LogP contribution in [0, 0.1) is 0 Å². The Balaban J connectivity index is 2.06. The van der Waals surface area contributed by atoms with E-state index in [0.29, 0.717) is 5.65 Å². The lowest BCUT2D eigenvalue weighted by Gasteiger charge is -2.04. The molecule has 20 heavy (non-hydrogen) atoms. The molecule has 0 saturated carbocycles. The number of pyridine rings is 2. The smallest absolute Gasteiger partial charge is 0.305 e. The fraction of sp³-hybridized carbons (Fsp3) is 0. The molecule has 0 fully saturated rings. The summed E-state index contributed by atoms with van der Waals surface area (Å²) >= 11 is 0. The van der Waals surface area contributed by atoms with Crippen molar-refractivity contribution in [3.8, 4) is 5.69 Å². The van der Waals surface area contributed by atoms with Gasteiger partial charge in [-0.3, -0.25) is 4.57 Å². The third-order valence-electron chi connectivity index (χ3n) is 3.29. The molecule has 0 saturated heterocycles. The number of aromatic nitrogens is 4. The first-order valence-electron chi connectivity index (χ1n) is 6.24. The molecule has 3 heterocycles. The summed E-state index contributed by atoms with van der Waals surface area (Å²) in [6.07, 6.45) is 3.36. The van der Waals surface area contributed by atoms with E-state index in [4.69, 9.17) is 0 Å². The van der Waals surface area contributed by atoms with Crippen molar-refractivity contribution in [3.05, 3.63) is 65.3 Å². The SMILES string of the molecule is O=c1[nH]c2ccccc2n1-c1cnc2ncccc2c1. The van der Waals surface area contributed by atoms with Gasteiger partial charge in [0.25, 0.3) is 0 Å². The second-order valence-electron chi connectivity index (χ2n) is 4.53. The van der Waals surface area contributed by atoms with E-state index in [1.165, 1.54) is 0 Å². The van der Waals surface area contributed by atoms with Crippen molar-refractivity contribution in [2.24, 2.45) is 0 Å². The van der Waals surface area contributed by atoms with Crippen molar-refractivity contribution < 1.29 is 0 Å². The van der Waals surface area contributed by atoms with Crippen LogP contribution in [0.25, 0.3) is 27.8 Å². The number of H-pyrrole nitrogens is 1. The van der Waals surface area contributed by atoms with E-state index in [1.807, 2.05) is 42.5 Å². The molecular weight excluding hydrogens is 252 g/mol. The molecule has 5 nitrogen and oxygen atoms in total. The first kappa shape index (κ1) is 10.9. The standard InChI is InChI=1S/C15H10N4O/c20-15-18-12-5-1-2-6-13(12)19(15)11-8-10-4-3-7-16-14(10)17-9-11/h1-9H,(H,18,20). The Labute approximate surface area is 113 Å². The molecule has 4 rings (SSSR count). The Hall–Kier alpha value is -2.95. The van der Waals surface area contributed by atoms with Gasteiger partial charge in [-0.1, -0.05) is 12.1 Å². The second-order valence-corrected chi connectivity index (χ2v) is 4.53. The first-order chi connectivity index (χ1) is 9.83. The van der Waals surface area contributed by atoms with Crippen molar-refractivity contribution in [2.75, 3.05) is 0 Å². The number of hydrogen-bond acceptors (Lipinski definition) is 3. The molecule has 0 radical (unpaired) electrons. The molecule has 0 aliphatic heterocycles. The van der Waals surface area contributed by atoms with Gasteiger partial charge in [-0.2, -0.15) is 0 Å². The zero-order chi connectivity index (χ0) is 13.5. The van der Waals surface area contributed by atoms with E-state index in [-0.39, 0.29) is 5.69 Å². The minimum atomic E-state index is -0.170. The van der Waals surface area contributed by atoms with E-state index in [1.54, 1.807) is 17.0 Å². The van der Waals surface area contributed by atoms with Crippen LogP contribution in [0.5, 0.6) is 0 Å². The highest BCUT2D eigenvalue weighted by atomic mass is 16.1. The van der Waals surface area contributed by atoms with E-state index in [2.05, 4.69) is 15.0 Å². The van der Waals surface area contributed by atoms with Gasteiger partial charge in [0.1, 0.15) is 0 Å². The summed E-state index contributed by atoms with van der Waals surface area (Å²) in [7, 11) is 0. The number of benzene rings is 1. The lowest BCUT2D eigenvalue weighted by Crippen LogP contribution is -2.14. The maximum atomic E-state index is 12.1. The van der Waals surface area contributed by atoms with Crippen molar-refractivity contribution in [3.63, 3.8) is 0 Å². The van der Waals surface area contributed by atoms with Crippen molar-refractivity contribution in [1.82, 2.24) is 19.5 Å². The number of hydrogen-bond donors (Lipinski definition) is 1. The molecular formula is C15H10N4O. The number of fused-ring (bicyclic) bond motifs is 2. The van der Waals surface area contributed by atoms with Crippen LogP contribution >= 0.6 is 0 Å². The van der Waals surface area contributed by atoms with Crippen molar-refractivity contribution >= 4 is 22.1 Å². The van der Waals surface area contributed by atoms with Crippen LogP contribution in [0.1, 0.15) is 0 Å². The monoisotopic (exact) mass is 262 g/mol. The molecule has 5 heteroatoms. The Morgan fingerprint density at radius 3 is 2.90 bits per heavy atom. The van der Waals surface area contributed by atoms with Gasteiger partial charge in [-0.25, -0.2) is 14.8 Å². The molecule has 0 spiro atoms. The zero-order valence-corrected chi connectivity index (χ0v) is 10.4. The minimum Gasteiger partial charge on any atom is -0.305 e. The molecule has 3 aromatic heterocycles. The first-order valence-corrected chi connectivity index (χ1v) is 6.24. The molecule has 0 atom stereocenters. The molecule has 0 aliphatic carbocycles. The fourth-order valence-corrected chi connectivity index (χ4v) is 2.39. The number of nitrogens with zero attached hydrogens (tertiary/aromatic N) is 3. The van der Waals surface area contributed by atoms with Gasteiger partial charge in [0.15, 0.2) is 5.65 Å². The Kier molecular flexibility index (Phi) is 2.20. The highest BCUT2D eigenvalue weighted by molar-refractivity contribution is 5.80. The highest BCUT2D eigenvalue weighted by Crippen LogP contribution is 2.17. The number of para-hydroxylation sites is 2. The Morgan fingerprint density at radius 1 is 1.05 bits per heavy atom. The summed E-state index contributed by atoms with van der Waals surface area (Å²) in [5, 5.41) is 0.905. The van der Waals surface area contributed by atoms with E-state index in [0.717, 1.165) is 22.1 Å². The Morgan fingerprint density at radius 2 is 1.95 bits per heavy atom. The normalized spacial score (nSPS) is 11.2. The number of imidazole rings is 1. The van der Waals surface area contributed by atoms with Crippen LogP contribution in [0.4, 0.5) is 0 Å². The van der Waals surface area contributed by atoms with Gasteiger partial charge in [0.05, 0.1) is 22.9 Å². The molecule has 4 aromatic rings. The quantitative estimate of drug-likeness (QED) is 0.572. The van der Waals surface area contributed by atoms with Gasteiger partial charge in [-0.15, -0.1) is 0 Å². The fourth-order valence-electron chi connectivity index (χ4n) is 2.39. The van der Waals surface area contributed by atoms with Gasteiger partial charge in [0, 0.05) is 11.6 Å². The summed E-state index contributed by atoms with van der Waals surface area (Å²) in [6, 6.07) is 13.3.